The summed E-state index contributed by atoms with van der Waals surface area (Å²) >= 11 is 0. The monoisotopic (exact) mass is 232 g/mol. The van der Waals surface area contributed by atoms with Crippen molar-refractivity contribution in [1.82, 2.24) is 0 Å². The molecule has 2 heteroatoms. The minimum absolute atomic E-state index is 0.191. The van der Waals surface area contributed by atoms with Gasteiger partial charge in [-0.1, -0.05) is 56.0 Å². The number of carbonyl (C=O) groups is 1. The van der Waals surface area contributed by atoms with Gasteiger partial charge in [-0.3, -0.25) is 4.79 Å². The van der Waals surface area contributed by atoms with Crippen molar-refractivity contribution in [3.05, 3.63) is 35.9 Å². The standard InChI is InChI=1S/C15H20O2/c16-15(17)11-14(10-12-6-4-5-7-12)13-8-2-1-3-9-13/h1-3,8-9,12,14H,4-7,10-11H2,(H,16,17). The fraction of sp³-hybridized carbons (Fsp3) is 0.533. The zero-order valence-corrected chi connectivity index (χ0v) is 10.1. The molecule has 1 saturated carbocycles. The van der Waals surface area contributed by atoms with E-state index in [1.54, 1.807) is 0 Å². The summed E-state index contributed by atoms with van der Waals surface area (Å²) in [5, 5.41) is 9.02. The second-order valence-electron chi connectivity index (χ2n) is 5.09. The topological polar surface area (TPSA) is 37.3 Å². The van der Waals surface area contributed by atoms with Crippen molar-refractivity contribution in [2.75, 3.05) is 0 Å². The molecule has 92 valence electrons. The molecule has 1 atom stereocenters. The Morgan fingerprint density at radius 2 is 1.88 bits per heavy atom. The predicted octanol–water partition coefficient (Wildman–Crippen LogP) is 3.83. The molecule has 0 spiro atoms. The van der Waals surface area contributed by atoms with Gasteiger partial charge in [-0.25, -0.2) is 0 Å². The summed E-state index contributed by atoms with van der Waals surface area (Å²) in [5.41, 5.74) is 1.18. The first-order valence-electron chi connectivity index (χ1n) is 6.52. The predicted molar refractivity (Wildman–Crippen MR) is 68.0 cm³/mol. The van der Waals surface area contributed by atoms with Gasteiger partial charge in [-0.05, 0) is 23.8 Å². The number of carboxylic acid groups (broad SMARTS) is 1. The normalized spacial score (nSPS) is 18.1. The van der Waals surface area contributed by atoms with Crippen LogP contribution in [0.3, 0.4) is 0 Å². The van der Waals surface area contributed by atoms with Gasteiger partial charge in [0, 0.05) is 0 Å². The first-order valence-corrected chi connectivity index (χ1v) is 6.52. The van der Waals surface area contributed by atoms with Crippen molar-refractivity contribution in [3.63, 3.8) is 0 Å². The molecule has 1 aliphatic carbocycles. The zero-order valence-electron chi connectivity index (χ0n) is 10.1. The molecule has 0 heterocycles. The summed E-state index contributed by atoms with van der Waals surface area (Å²) in [6, 6.07) is 10.1. The molecular weight excluding hydrogens is 212 g/mol. The Morgan fingerprint density at radius 3 is 2.47 bits per heavy atom. The number of rotatable bonds is 5. The molecule has 1 aromatic carbocycles. The Hall–Kier alpha value is -1.31. The molecule has 0 amide bonds. The second kappa shape index (κ2) is 5.85. The van der Waals surface area contributed by atoms with Crippen molar-refractivity contribution >= 4 is 5.97 Å². The molecular formula is C15H20O2. The highest BCUT2D eigenvalue weighted by Gasteiger charge is 2.22. The Morgan fingerprint density at radius 1 is 1.24 bits per heavy atom. The molecule has 0 aliphatic heterocycles. The first-order chi connectivity index (χ1) is 8.25. The van der Waals surface area contributed by atoms with Crippen LogP contribution in [-0.2, 0) is 4.79 Å². The van der Waals surface area contributed by atoms with Crippen molar-refractivity contribution in [1.29, 1.82) is 0 Å². The smallest absolute Gasteiger partial charge is 0.303 e. The van der Waals surface area contributed by atoms with Gasteiger partial charge in [-0.15, -0.1) is 0 Å². The van der Waals surface area contributed by atoms with E-state index in [2.05, 4.69) is 12.1 Å². The Kier molecular flexibility index (Phi) is 4.18. The van der Waals surface area contributed by atoms with E-state index in [0.717, 1.165) is 12.3 Å². The van der Waals surface area contributed by atoms with E-state index in [1.165, 1.54) is 31.2 Å². The molecule has 1 aromatic rings. The van der Waals surface area contributed by atoms with Crippen LogP contribution in [0.5, 0.6) is 0 Å². The van der Waals surface area contributed by atoms with Gasteiger partial charge in [0.05, 0.1) is 6.42 Å². The number of aliphatic carboxylic acids is 1. The van der Waals surface area contributed by atoms with Crippen LogP contribution >= 0.6 is 0 Å². The van der Waals surface area contributed by atoms with E-state index in [1.807, 2.05) is 18.2 Å². The van der Waals surface area contributed by atoms with Crippen LogP contribution in [0.4, 0.5) is 0 Å². The molecule has 1 aliphatic rings. The summed E-state index contributed by atoms with van der Waals surface area (Å²) in [5.74, 6) is 0.244. The maximum Gasteiger partial charge on any atom is 0.303 e. The third-order valence-corrected chi connectivity index (χ3v) is 3.78. The molecule has 0 bridgehead atoms. The lowest BCUT2D eigenvalue weighted by atomic mass is 9.86. The lowest BCUT2D eigenvalue weighted by Crippen LogP contribution is -2.10. The molecule has 2 rings (SSSR count). The zero-order chi connectivity index (χ0) is 12.1. The summed E-state index contributed by atoms with van der Waals surface area (Å²) < 4.78 is 0. The molecule has 2 nitrogen and oxygen atoms in total. The van der Waals surface area contributed by atoms with Crippen LogP contribution < -0.4 is 0 Å². The maximum absolute atomic E-state index is 11.0. The minimum Gasteiger partial charge on any atom is -0.481 e. The Bertz CT molecular complexity index is 352. The third-order valence-electron chi connectivity index (χ3n) is 3.78. The van der Waals surface area contributed by atoms with Crippen molar-refractivity contribution < 1.29 is 9.90 Å². The van der Waals surface area contributed by atoms with Crippen LogP contribution in [0.1, 0.15) is 50.0 Å². The van der Waals surface area contributed by atoms with E-state index < -0.39 is 5.97 Å². The largest absolute Gasteiger partial charge is 0.481 e. The van der Waals surface area contributed by atoms with Crippen LogP contribution in [0.15, 0.2) is 30.3 Å². The molecule has 0 saturated heterocycles. The summed E-state index contributed by atoms with van der Waals surface area (Å²) in [7, 11) is 0. The van der Waals surface area contributed by atoms with Crippen LogP contribution in [0.25, 0.3) is 0 Å². The summed E-state index contributed by atoms with van der Waals surface area (Å²) in [6.45, 7) is 0. The Labute approximate surface area is 103 Å². The van der Waals surface area contributed by atoms with E-state index in [4.69, 9.17) is 5.11 Å². The molecule has 17 heavy (non-hydrogen) atoms. The lowest BCUT2D eigenvalue weighted by molar-refractivity contribution is -0.137. The first kappa shape index (κ1) is 12.2. The van der Waals surface area contributed by atoms with Crippen molar-refractivity contribution in [2.45, 2.75) is 44.4 Å². The highest BCUT2D eigenvalue weighted by atomic mass is 16.4. The van der Waals surface area contributed by atoms with E-state index in [9.17, 15) is 4.79 Å². The van der Waals surface area contributed by atoms with Gasteiger partial charge >= 0.3 is 5.97 Å². The Balaban J connectivity index is 2.04. The number of hydrogen-bond acceptors (Lipinski definition) is 1. The molecule has 0 aromatic heterocycles. The van der Waals surface area contributed by atoms with Crippen molar-refractivity contribution in [3.8, 4) is 0 Å². The third kappa shape index (κ3) is 3.58. The summed E-state index contributed by atoms with van der Waals surface area (Å²) in [6.07, 6.45) is 6.50. The van der Waals surface area contributed by atoms with Gasteiger partial charge in [0.25, 0.3) is 0 Å². The van der Waals surface area contributed by atoms with Gasteiger partial charge < -0.3 is 5.11 Å². The fourth-order valence-electron chi connectivity index (χ4n) is 2.92. The van der Waals surface area contributed by atoms with E-state index >= 15 is 0 Å². The minimum atomic E-state index is -0.683. The van der Waals surface area contributed by atoms with Gasteiger partial charge in [0.15, 0.2) is 0 Å². The average Bonchev–Trinajstić information content (AvgIpc) is 2.82. The molecule has 1 fully saturated rings. The molecule has 1 unspecified atom stereocenters. The van der Waals surface area contributed by atoms with E-state index in [0.29, 0.717) is 0 Å². The fourth-order valence-corrected chi connectivity index (χ4v) is 2.92. The molecule has 1 N–H and O–H groups in total. The second-order valence-corrected chi connectivity index (χ2v) is 5.09. The average molecular weight is 232 g/mol. The van der Waals surface area contributed by atoms with Crippen LogP contribution in [0.2, 0.25) is 0 Å². The van der Waals surface area contributed by atoms with Crippen LogP contribution in [-0.4, -0.2) is 11.1 Å². The number of hydrogen-bond donors (Lipinski definition) is 1. The van der Waals surface area contributed by atoms with Gasteiger partial charge in [-0.2, -0.15) is 0 Å². The van der Waals surface area contributed by atoms with Gasteiger partial charge in [0.2, 0.25) is 0 Å². The summed E-state index contributed by atoms with van der Waals surface area (Å²) in [4.78, 5) is 11.0. The maximum atomic E-state index is 11.0. The van der Waals surface area contributed by atoms with E-state index in [-0.39, 0.29) is 12.3 Å². The quantitative estimate of drug-likeness (QED) is 0.837. The SMILES string of the molecule is O=C(O)CC(CC1CCCC1)c1ccccc1. The highest BCUT2D eigenvalue weighted by molar-refractivity contribution is 5.68. The number of carboxylic acids is 1. The van der Waals surface area contributed by atoms with Crippen molar-refractivity contribution in [2.24, 2.45) is 5.92 Å². The van der Waals surface area contributed by atoms with Crippen LogP contribution in [0, 0.1) is 5.92 Å². The highest BCUT2D eigenvalue weighted by Crippen LogP contribution is 2.35. The van der Waals surface area contributed by atoms with Gasteiger partial charge in [0.1, 0.15) is 0 Å². The lowest BCUT2D eigenvalue weighted by Gasteiger charge is -2.19. The molecule has 0 radical (unpaired) electrons. The number of benzene rings is 1.